The number of ketones is 4. The van der Waals surface area contributed by atoms with Gasteiger partial charge in [-0.3, -0.25) is 24.0 Å². The van der Waals surface area contributed by atoms with Crippen molar-refractivity contribution in [3.8, 4) is 5.75 Å². The second kappa shape index (κ2) is 10.3. The van der Waals surface area contributed by atoms with Gasteiger partial charge in [-0.1, -0.05) is 6.08 Å². The first kappa shape index (κ1) is 28.0. The SMILES string of the molecule is C=CCCOC(=O)NCc1cc(N(C)C)c2c(c1O)C(=O)C1C(=O)[C@]3(O)C(=O)C(C(N)=O)C(=O)C[C@@H]3C[C@@H]1C2. The number of nitrogens with zero attached hydrogens (tertiary/aromatic N) is 1. The number of alkyl carbamates (subject to hydrolysis) is 1. The topological polar surface area (TPSA) is 193 Å². The van der Waals surface area contributed by atoms with E-state index in [2.05, 4.69) is 11.9 Å². The molecule has 0 saturated heterocycles. The molecule has 0 bridgehead atoms. The summed E-state index contributed by atoms with van der Waals surface area (Å²) in [5.41, 5.74) is 3.60. The van der Waals surface area contributed by atoms with Crippen LogP contribution in [0.2, 0.25) is 0 Å². The average molecular weight is 542 g/mol. The summed E-state index contributed by atoms with van der Waals surface area (Å²) in [5, 5.41) is 25.0. The van der Waals surface area contributed by atoms with E-state index in [1.165, 1.54) is 0 Å². The van der Waals surface area contributed by atoms with Crippen LogP contribution < -0.4 is 16.0 Å². The Labute approximate surface area is 224 Å². The zero-order chi connectivity index (χ0) is 28.8. The van der Waals surface area contributed by atoms with Crippen molar-refractivity contribution in [2.75, 3.05) is 25.6 Å². The van der Waals surface area contributed by atoms with Gasteiger partial charge < -0.3 is 30.9 Å². The molecule has 0 aliphatic heterocycles. The van der Waals surface area contributed by atoms with Crippen molar-refractivity contribution in [1.29, 1.82) is 0 Å². The fraction of sp³-hybridized carbons (Fsp3) is 0.481. The van der Waals surface area contributed by atoms with Gasteiger partial charge in [0.25, 0.3) is 0 Å². The number of Topliss-reactive ketones (excluding diaryl/α,β-unsaturated/α-hetero) is 4. The Morgan fingerprint density at radius 1 is 1.23 bits per heavy atom. The van der Waals surface area contributed by atoms with E-state index in [9.17, 15) is 39.0 Å². The van der Waals surface area contributed by atoms with E-state index in [0.717, 1.165) is 0 Å². The van der Waals surface area contributed by atoms with Crippen molar-refractivity contribution in [2.24, 2.45) is 29.4 Å². The highest BCUT2D eigenvalue weighted by Gasteiger charge is 2.66. The average Bonchev–Trinajstić information content (AvgIpc) is 2.85. The number of primary amides is 1. The van der Waals surface area contributed by atoms with Crippen LogP contribution in [0.4, 0.5) is 10.5 Å². The van der Waals surface area contributed by atoms with Crippen molar-refractivity contribution >= 4 is 40.8 Å². The largest absolute Gasteiger partial charge is 0.507 e. The third-order valence-corrected chi connectivity index (χ3v) is 7.92. The number of fused-ring (bicyclic) bond motifs is 3. The van der Waals surface area contributed by atoms with Crippen LogP contribution in [0.25, 0.3) is 0 Å². The first-order valence-electron chi connectivity index (χ1n) is 12.6. The summed E-state index contributed by atoms with van der Waals surface area (Å²) < 4.78 is 5.00. The maximum absolute atomic E-state index is 13.8. The van der Waals surface area contributed by atoms with Crippen LogP contribution >= 0.6 is 0 Å². The molecule has 12 heteroatoms. The number of aliphatic hydroxyl groups is 1. The van der Waals surface area contributed by atoms with Crippen LogP contribution in [0, 0.1) is 23.7 Å². The number of hydrogen-bond donors (Lipinski definition) is 4. The van der Waals surface area contributed by atoms with E-state index in [-0.39, 0.29) is 37.1 Å². The second-order valence-electron chi connectivity index (χ2n) is 10.5. The molecule has 0 heterocycles. The van der Waals surface area contributed by atoms with Crippen molar-refractivity contribution in [1.82, 2.24) is 5.32 Å². The summed E-state index contributed by atoms with van der Waals surface area (Å²) >= 11 is 0. The molecule has 5 atom stereocenters. The van der Waals surface area contributed by atoms with Gasteiger partial charge >= 0.3 is 6.09 Å². The standard InChI is InChI=1S/C27H31N3O9/c1-4-5-6-39-26(37)29-11-13-9-16(30(2)3)15-8-12-7-14-10-17(31)20(25(28)36)24(35)27(14,38)23(34)18(12)22(33)19(15)21(13)32/h4,9,12,14,18,20,32,38H,1,5-8,10-11H2,2-3H3,(H2,28,36)(H,29,37)/t12-,14+,18?,20?,27+/m1/s1. The van der Waals surface area contributed by atoms with E-state index in [1.807, 2.05) is 0 Å². The lowest BCUT2D eigenvalue weighted by atomic mass is 9.53. The van der Waals surface area contributed by atoms with Gasteiger partial charge in [0.2, 0.25) is 5.91 Å². The maximum Gasteiger partial charge on any atom is 0.407 e. The molecule has 1 aromatic carbocycles. The maximum atomic E-state index is 13.8. The first-order valence-corrected chi connectivity index (χ1v) is 12.6. The zero-order valence-electron chi connectivity index (χ0n) is 21.7. The lowest BCUT2D eigenvalue weighted by molar-refractivity contribution is -0.175. The molecule has 2 fully saturated rings. The smallest absolute Gasteiger partial charge is 0.407 e. The molecule has 1 aromatic rings. The summed E-state index contributed by atoms with van der Waals surface area (Å²) in [6.07, 6.45) is 1.07. The zero-order valence-corrected chi connectivity index (χ0v) is 21.7. The van der Waals surface area contributed by atoms with Crippen LogP contribution in [0.1, 0.15) is 40.7 Å². The van der Waals surface area contributed by atoms with E-state index < -0.39 is 76.6 Å². The fourth-order valence-corrected chi connectivity index (χ4v) is 6.06. The number of anilines is 1. The van der Waals surface area contributed by atoms with Gasteiger partial charge in [-0.25, -0.2) is 4.79 Å². The Kier molecular flexibility index (Phi) is 7.35. The quantitative estimate of drug-likeness (QED) is 0.210. The van der Waals surface area contributed by atoms with Crippen LogP contribution in [0.3, 0.4) is 0 Å². The minimum absolute atomic E-state index is 0.00847. The molecular formula is C27H31N3O9. The molecule has 12 nitrogen and oxygen atoms in total. The van der Waals surface area contributed by atoms with Crippen molar-refractivity contribution in [3.05, 3.63) is 35.4 Å². The number of phenolic OH excluding ortho intramolecular Hbond substituents is 1. The molecule has 5 N–H and O–H groups in total. The van der Waals surface area contributed by atoms with Gasteiger partial charge in [0.15, 0.2) is 34.7 Å². The molecule has 2 saturated carbocycles. The molecule has 208 valence electrons. The van der Waals surface area contributed by atoms with E-state index in [4.69, 9.17) is 10.5 Å². The molecular weight excluding hydrogens is 510 g/mol. The number of ether oxygens (including phenoxy) is 1. The predicted molar refractivity (Wildman–Crippen MR) is 136 cm³/mol. The number of phenols is 1. The number of carbonyl (C=O) groups is 6. The van der Waals surface area contributed by atoms with Crippen LogP contribution in [-0.2, 0) is 36.9 Å². The van der Waals surface area contributed by atoms with E-state index in [0.29, 0.717) is 17.7 Å². The van der Waals surface area contributed by atoms with Crippen molar-refractivity contribution in [2.45, 2.75) is 37.8 Å². The highest BCUT2D eigenvalue weighted by atomic mass is 16.5. The number of amides is 2. The molecule has 3 aliphatic carbocycles. The van der Waals surface area contributed by atoms with Gasteiger partial charge in [-0.05, 0) is 36.8 Å². The second-order valence-corrected chi connectivity index (χ2v) is 10.5. The molecule has 39 heavy (non-hydrogen) atoms. The number of carbonyl (C=O) groups excluding carboxylic acids is 6. The third-order valence-electron chi connectivity index (χ3n) is 7.92. The Bertz CT molecular complexity index is 1300. The van der Waals surface area contributed by atoms with Gasteiger partial charge in [-0.15, -0.1) is 6.58 Å². The van der Waals surface area contributed by atoms with Gasteiger partial charge in [0.05, 0.1) is 18.1 Å². The molecule has 2 amide bonds. The number of nitrogens with one attached hydrogen (secondary N) is 1. The fourth-order valence-electron chi connectivity index (χ4n) is 6.06. The number of nitrogens with two attached hydrogens (primary N) is 1. The van der Waals surface area contributed by atoms with Crippen LogP contribution in [-0.4, -0.2) is 71.6 Å². The molecule has 3 aliphatic rings. The van der Waals surface area contributed by atoms with E-state index in [1.54, 1.807) is 31.1 Å². The summed E-state index contributed by atoms with van der Waals surface area (Å²) in [5.74, 6) is -10.8. The molecule has 0 spiro atoms. The lowest BCUT2D eigenvalue weighted by Crippen LogP contribution is -2.68. The summed E-state index contributed by atoms with van der Waals surface area (Å²) in [6.45, 7) is 3.47. The Morgan fingerprint density at radius 3 is 2.54 bits per heavy atom. The highest BCUT2D eigenvalue weighted by Crippen LogP contribution is 2.51. The lowest BCUT2D eigenvalue weighted by Gasteiger charge is -2.48. The number of hydrogen-bond acceptors (Lipinski definition) is 10. The number of benzene rings is 1. The minimum atomic E-state index is -2.71. The predicted octanol–water partition coefficient (Wildman–Crippen LogP) is 0.195. The van der Waals surface area contributed by atoms with Gasteiger partial charge in [0, 0.05) is 44.2 Å². The molecule has 0 radical (unpaired) electrons. The molecule has 2 unspecified atom stereocenters. The Balaban J connectivity index is 1.72. The monoisotopic (exact) mass is 541 g/mol. The van der Waals surface area contributed by atoms with E-state index >= 15 is 0 Å². The van der Waals surface area contributed by atoms with Gasteiger partial charge in [-0.2, -0.15) is 0 Å². The first-order chi connectivity index (χ1) is 18.3. The van der Waals surface area contributed by atoms with Crippen LogP contribution in [0.15, 0.2) is 18.7 Å². The Morgan fingerprint density at radius 2 is 1.92 bits per heavy atom. The van der Waals surface area contributed by atoms with Gasteiger partial charge in [0.1, 0.15) is 5.75 Å². The minimum Gasteiger partial charge on any atom is -0.507 e. The molecule has 4 rings (SSSR count). The number of rotatable bonds is 7. The van der Waals surface area contributed by atoms with Crippen LogP contribution in [0.5, 0.6) is 5.75 Å². The van der Waals surface area contributed by atoms with Crippen molar-refractivity contribution in [3.63, 3.8) is 0 Å². The third kappa shape index (κ3) is 4.48. The summed E-state index contributed by atoms with van der Waals surface area (Å²) in [4.78, 5) is 78.5. The van der Waals surface area contributed by atoms with Crippen molar-refractivity contribution < 1.29 is 43.7 Å². The highest BCUT2D eigenvalue weighted by molar-refractivity contribution is 6.31. The summed E-state index contributed by atoms with van der Waals surface area (Å²) in [6, 6.07) is 1.62. The normalized spacial score (nSPS) is 27.7. The summed E-state index contributed by atoms with van der Waals surface area (Å²) in [7, 11) is 3.47. The number of aromatic hydroxyl groups is 1. The Hall–Kier alpha value is -4.06. The molecule has 0 aromatic heterocycles.